The molecule has 0 bridgehead atoms. The topological polar surface area (TPSA) is 119 Å². The normalized spacial score (nSPS) is 21.1. The first-order valence-corrected chi connectivity index (χ1v) is 12.0. The first-order chi connectivity index (χ1) is 17.3. The zero-order valence-electron chi connectivity index (χ0n) is 20.2. The Morgan fingerprint density at radius 3 is 2.33 bits per heavy atom. The van der Waals surface area contributed by atoms with Crippen molar-refractivity contribution in [3.63, 3.8) is 0 Å². The molecule has 1 saturated carbocycles. The van der Waals surface area contributed by atoms with Gasteiger partial charge in [0.15, 0.2) is 6.61 Å². The molecule has 2 aliphatic rings. The molecular formula is C27H28N2O7. The van der Waals surface area contributed by atoms with Gasteiger partial charge in [-0.3, -0.25) is 19.3 Å². The van der Waals surface area contributed by atoms with Gasteiger partial charge in [-0.1, -0.05) is 13.0 Å². The molecule has 9 nitrogen and oxygen atoms in total. The number of hydrogen-bond acceptors (Lipinski definition) is 7. The second kappa shape index (κ2) is 10.7. The van der Waals surface area contributed by atoms with Gasteiger partial charge in [-0.25, -0.2) is 9.59 Å². The van der Waals surface area contributed by atoms with Crippen LogP contribution in [0.1, 0.15) is 53.8 Å². The lowest BCUT2D eigenvalue weighted by Gasteiger charge is -2.25. The third-order valence-corrected chi connectivity index (χ3v) is 6.54. The van der Waals surface area contributed by atoms with Crippen molar-refractivity contribution in [1.29, 1.82) is 0 Å². The maximum atomic E-state index is 13.0. The molecule has 0 aromatic heterocycles. The number of esters is 2. The Labute approximate surface area is 208 Å². The highest BCUT2D eigenvalue weighted by atomic mass is 16.5. The summed E-state index contributed by atoms with van der Waals surface area (Å²) in [6, 6.07) is 12.2. The maximum Gasteiger partial charge on any atom is 0.338 e. The van der Waals surface area contributed by atoms with Crippen LogP contribution in [0, 0.1) is 17.8 Å². The van der Waals surface area contributed by atoms with E-state index < -0.39 is 24.5 Å². The Morgan fingerprint density at radius 2 is 1.61 bits per heavy atom. The summed E-state index contributed by atoms with van der Waals surface area (Å²) < 4.78 is 10.0. The zero-order chi connectivity index (χ0) is 25.8. The lowest BCUT2D eigenvalue weighted by Crippen LogP contribution is -2.31. The van der Waals surface area contributed by atoms with Crippen LogP contribution in [0.2, 0.25) is 0 Å². The second-order valence-corrected chi connectivity index (χ2v) is 9.12. The molecule has 2 aromatic rings. The summed E-state index contributed by atoms with van der Waals surface area (Å²) in [4.78, 5) is 63.6. The highest BCUT2D eigenvalue weighted by Crippen LogP contribution is 2.42. The monoisotopic (exact) mass is 492 g/mol. The summed E-state index contributed by atoms with van der Waals surface area (Å²) in [6.07, 6.45) is 2.29. The van der Waals surface area contributed by atoms with E-state index in [4.69, 9.17) is 9.47 Å². The minimum Gasteiger partial charge on any atom is -0.462 e. The van der Waals surface area contributed by atoms with Crippen molar-refractivity contribution in [3.05, 3.63) is 59.7 Å². The number of benzene rings is 2. The molecule has 0 spiro atoms. The molecule has 1 N–H and O–H groups in total. The number of hydrogen-bond donors (Lipinski definition) is 1. The van der Waals surface area contributed by atoms with Gasteiger partial charge in [-0.05, 0) is 74.6 Å². The van der Waals surface area contributed by atoms with Gasteiger partial charge < -0.3 is 14.8 Å². The second-order valence-electron chi connectivity index (χ2n) is 9.12. The molecule has 1 aliphatic carbocycles. The van der Waals surface area contributed by atoms with E-state index in [1.165, 1.54) is 41.3 Å². The zero-order valence-corrected chi connectivity index (χ0v) is 20.2. The largest absolute Gasteiger partial charge is 0.462 e. The highest BCUT2D eigenvalue weighted by molar-refractivity contribution is 6.22. The molecular weight excluding hydrogens is 464 g/mol. The van der Waals surface area contributed by atoms with E-state index in [0.717, 1.165) is 6.42 Å². The third kappa shape index (κ3) is 5.30. The summed E-state index contributed by atoms with van der Waals surface area (Å²) in [7, 11) is 0. The van der Waals surface area contributed by atoms with Gasteiger partial charge in [0.1, 0.15) is 0 Å². The van der Waals surface area contributed by atoms with Gasteiger partial charge >= 0.3 is 11.9 Å². The van der Waals surface area contributed by atoms with Crippen LogP contribution in [-0.4, -0.2) is 42.9 Å². The molecule has 1 aliphatic heterocycles. The van der Waals surface area contributed by atoms with Crippen molar-refractivity contribution in [2.75, 3.05) is 23.4 Å². The van der Waals surface area contributed by atoms with Crippen molar-refractivity contribution in [1.82, 2.24) is 0 Å². The van der Waals surface area contributed by atoms with Crippen LogP contribution in [-0.2, 0) is 23.9 Å². The smallest absolute Gasteiger partial charge is 0.338 e. The minimum atomic E-state index is -0.755. The molecule has 1 heterocycles. The quantitative estimate of drug-likeness (QED) is 0.463. The number of carbonyl (C=O) groups excluding carboxylic acids is 5. The lowest BCUT2D eigenvalue weighted by molar-refractivity contribution is -0.122. The van der Waals surface area contributed by atoms with E-state index in [-0.39, 0.29) is 35.8 Å². The van der Waals surface area contributed by atoms with Crippen molar-refractivity contribution >= 4 is 41.0 Å². The highest BCUT2D eigenvalue weighted by Gasteiger charge is 2.50. The number of nitrogens with one attached hydrogen (secondary N) is 1. The van der Waals surface area contributed by atoms with E-state index in [2.05, 4.69) is 12.2 Å². The minimum absolute atomic E-state index is 0.128. The van der Waals surface area contributed by atoms with Gasteiger partial charge in [0, 0.05) is 5.69 Å². The molecule has 0 unspecified atom stereocenters. The van der Waals surface area contributed by atoms with Crippen LogP contribution in [0.15, 0.2) is 48.5 Å². The molecule has 1 saturated heterocycles. The fourth-order valence-electron chi connectivity index (χ4n) is 4.73. The predicted molar refractivity (Wildman–Crippen MR) is 130 cm³/mol. The molecule has 36 heavy (non-hydrogen) atoms. The van der Waals surface area contributed by atoms with Gasteiger partial charge in [0.05, 0.1) is 35.3 Å². The standard InChI is InChI=1S/C27H28N2O7/c1-3-35-26(33)17-8-10-19(11-9-17)28-23(30)15-36-27(34)18-5-4-6-20(14-18)29-24(31)21-12-7-16(2)13-22(21)25(29)32/h4-6,8-11,14,16,21-22H,3,7,12-13,15H2,1-2H3,(H,28,30)/t16-,21+,22-/m0/s1. The van der Waals surface area contributed by atoms with Crippen LogP contribution in [0.4, 0.5) is 11.4 Å². The molecule has 4 rings (SSSR count). The number of amides is 3. The van der Waals surface area contributed by atoms with Crippen molar-refractivity contribution in [2.45, 2.75) is 33.1 Å². The molecule has 0 radical (unpaired) electrons. The van der Waals surface area contributed by atoms with Crippen LogP contribution in [0.25, 0.3) is 0 Å². The third-order valence-electron chi connectivity index (χ3n) is 6.54. The molecule has 2 aromatic carbocycles. The predicted octanol–water partition coefficient (Wildman–Crippen LogP) is 3.58. The number of carbonyl (C=O) groups is 5. The molecule has 9 heteroatoms. The van der Waals surface area contributed by atoms with Gasteiger partial charge in [0.25, 0.3) is 5.91 Å². The van der Waals surface area contributed by atoms with Crippen LogP contribution in [0.5, 0.6) is 0 Å². The Balaban J connectivity index is 1.35. The lowest BCUT2D eigenvalue weighted by atomic mass is 9.76. The summed E-state index contributed by atoms with van der Waals surface area (Å²) in [5.74, 6) is -2.46. The Kier molecular flexibility index (Phi) is 7.47. The summed E-state index contributed by atoms with van der Waals surface area (Å²) in [5, 5.41) is 2.58. The summed E-state index contributed by atoms with van der Waals surface area (Å²) in [6.45, 7) is 3.52. The number of ether oxygens (including phenoxy) is 2. The van der Waals surface area contributed by atoms with E-state index in [1.54, 1.807) is 19.1 Å². The fourth-order valence-corrected chi connectivity index (χ4v) is 4.73. The first-order valence-electron chi connectivity index (χ1n) is 12.0. The average Bonchev–Trinajstić information content (AvgIpc) is 3.12. The summed E-state index contributed by atoms with van der Waals surface area (Å²) >= 11 is 0. The van der Waals surface area contributed by atoms with Crippen LogP contribution < -0.4 is 10.2 Å². The average molecular weight is 493 g/mol. The van der Waals surface area contributed by atoms with Crippen LogP contribution in [0.3, 0.4) is 0 Å². The summed E-state index contributed by atoms with van der Waals surface area (Å²) in [5.41, 5.74) is 1.23. The molecule has 3 amide bonds. The molecule has 3 atom stereocenters. The maximum absolute atomic E-state index is 13.0. The SMILES string of the molecule is CCOC(=O)c1ccc(NC(=O)COC(=O)c2cccc(N3C(=O)[C@H]4C[C@@H](C)CC[C@H]4C3=O)c2)cc1. The van der Waals surface area contributed by atoms with Crippen LogP contribution >= 0.6 is 0 Å². The van der Waals surface area contributed by atoms with E-state index in [1.807, 2.05) is 0 Å². The van der Waals surface area contributed by atoms with E-state index in [0.29, 0.717) is 35.7 Å². The molecule has 2 fully saturated rings. The fraction of sp³-hybridized carbons (Fsp3) is 0.370. The van der Waals surface area contributed by atoms with Gasteiger partial charge in [-0.15, -0.1) is 0 Å². The van der Waals surface area contributed by atoms with Crippen molar-refractivity contribution < 1.29 is 33.4 Å². The number of nitrogens with zero attached hydrogens (tertiary/aromatic N) is 1. The van der Waals surface area contributed by atoms with Crippen molar-refractivity contribution in [2.24, 2.45) is 17.8 Å². The van der Waals surface area contributed by atoms with Crippen molar-refractivity contribution in [3.8, 4) is 0 Å². The Morgan fingerprint density at radius 1 is 0.917 bits per heavy atom. The van der Waals surface area contributed by atoms with E-state index in [9.17, 15) is 24.0 Å². The number of fused-ring (bicyclic) bond motifs is 1. The number of imide groups is 1. The number of anilines is 2. The molecule has 188 valence electrons. The van der Waals surface area contributed by atoms with Gasteiger partial charge in [-0.2, -0.15) is 0 Å². The van der Waals surface area contributed by atoms with Gasteiger partial charge in [0.2, 0.25) is 11.8 Å². The first kappa shape index (κ1) is 25.1. The number of rotatable bonds is 7. The Bertz CT molecular complexity index is 1190. The Hall–Kier alpha value is -4.01. The van der Waals surface area contributed by atoms with E-state index >= 15 is 0 Å².